The second-order valence-electron chi connectivity index (χ2n) is 4.94. The van der Waals surface area contributed by atoms with Crippen LogP contribution < -0.4 is 10.9 Å². The van der Waals surface area contributed by atoms with Crippen LogP contribution in [0.4, 0.5) is 5.82 Å². The van der Waals surface area contributed by atoms with E-state index in [1.54, 1.807) is 0 Å². The van der Waals surface area contributed by atoms with Crippen molar-refractivity contribution in [3.05, 3.63) is 22.2 Å². The molecule has 1 aromatic rings. The molecule has 0 bridgehead atoms. The molecule has 1 unspecified atom stereocenters. The maximum Gasteiger partial charge on any atom is 0.252 e. The second kappa shape index (κ2) is 6.00. The monoisotopic (exact) mass is 250 g/mol. The molecule has 100 valence electrons. The zero-order valence-electron chi connectivity index (χ0n) is 11.2. The predicted molar refractivity (Wildman–Crippen MR) is 73.0 cm³/mol. The minimum absolute atomic E-state index is 0.0821. The Labute approximate surface area is 108 Å². The fourth-order valence-electron chi connectivity index (χ4n) is 2.39. The van der Waals surface area contributed by atoms with Gasteiger partial charge < -0.3 is 15.2 Å². The third kappa shape index (κ3) is 3.32. The van der Waals surface area contributed by atoms with Crippen LogP contribution in [0.5, 0.6) is 0 Å². The van der Waals surface area contributed by atoms with Crippen LogP contribution in [-0.4, -0.2) is 41.0 Å². The summed E-state index contributed by atoms with van der Waals surface area (Å²) in [4.78, 5) is 20.9. The van der Waals surface area contributed by atoms with Crippen LogP contribution in [0, 0.1) is 0 Å². The summed E-state index contributed by atoms with van der Waals surface area (Å²) < 4.78 is 0. The molecule has 1 saturated heterocycles. The lowest BCUT2D eigenvalue weighted by atomic mass is 10.0. The van der Waals surface area contributed by atoms with Crippen molar-refractivity contribution in [2.24, 2.45) is 0 Å². The number of nitrogens with one attached hydrogen (secondary N) is 2. The standard InChI is InChI=1S/C13H22N4O/c1-3-11-15-12(8-13(18)16-11)14-9-10-6-4-5-7-17(10)2/h8,10H,3-7,9H2,1-2H3,(H2,14,15,16,18). The summed E-state index contributed by atoms with van der Waals surface area (Å²) in [6, 6.07) is 2.08. The van der Waals surface area contributed by atoms with Crippen LogP contribution >= 0.6 is 0 Å². The van der Waals surface area contributed by atoms with Gasteiger partial charge in [-0.15, -0.1) is 0 Å². The largest absolute Gasteiger partial charge is 0.368 e. The lowest BCUT2D eigenvalue weighted by Crippen LogP contribution is -2.41. The minimum atomic E-state index is -0.0821. The number of hydrogen-bond donors (Lipinski definition) is 2. The first kappa shape index (κ1) is 13.1. The molecule has 18 heavy (non-hydrogen) atoms. The normalized spacial score (nSPS) is 20.9. The molecule has 0 saturated carbocycles. The van der Waals surface area contributed by atoms with Crippen LogP contribution in [0.15, 0.2) is 10.9 Å². The molecule has 2 rings (SSSR count). The third-order valence-corrected chi connectivity index (χ3v) is 3.57. The van der Waals surface area contributed by atoms with Gasteiger partial charge in [0.25, 0.3) is 5.56 Å². The topological polar surface area (TPSA) is 61.0 Å². The van der Waals surface area contributed by atoms with Crippen molar-refractivity contribution in [1.29, 1.82) is 0 Å². The quantitative estimate of drug-likeness (QED) is 0.843. The van der Waals surface area contributed by atoms with Gasteiger partial charge in [0.2, 0.25) is 0 Å². The molecule has 2 heterocycles. The van der Waals surface area contributed by atoms with E-state index >= 15 is 0 Å². The maximum absolute atomic E-state index is 11.4. The van der Waals surface area contributed by atoms with E-state index in [1.807, 2.05) is 6.92 Å². The minimum Gasteiger partial charge on any atom is -0.368 e. The molecule has 1 aliphatic heterocycles. The van der Waals surface area contributed by atoms with Gasteiger partial charge in [-0.1, -0.05) is 13.3 Å². The van der Waals surface area contributed by atoms with Gasteiger partial charge >= 0.3 is 0 Å². The molecular formula is C13H22N4O. The Morgan fingerprint density at radius 1 is 1.56 bits per heavy atom. The van der Waals surface area contributed by atoms with Crippen LogP contribution in [-0.2, 0) is 6.42 Å². The highest BCUT2D eigenvalue weighted by Crippen LogP contribution is 2.15. The van der Waals surface area contributed by atoms with Gasteiger partial charge in [-0.2, -0.15) is 0 Å². The molecule has 1 aromatic heterocycles. The van der Waals surface area contributed by atoms with E-state index in [2.05, 4.69) is 27.2 Å². The number of likely N-dealkylation sites (N-methyl/N-ethyl adjacent to an activating group) is 1. The van der Waals surface area contributed by atoms with Gasteiger partial charge in [-0.25, -0.2) is 4.98 Å². The molecule has 5 heteroatoms. The van der Waals surface area contributed by atoms with E-state index in [0.717, 1.165) is 25.3 Å². The fourth-order valence-corrected chi connectivity index (χ4v) is 2.39. The number of piperidine rings is 1. The number of aromatic amines is 1. The summed E-state index contributed by atoms with van der Waals surface area (Å²) in [5.41, 5.74) is -0.0821. The van der Waals surface area contributed by atoms with Crippen LogP contribution in [0.25, 0.3) is 0 Å². The fraction of sp³-hybridized carbons (Fsp3) is 0.692. The Morgan fingerprint density at radius 3 is 3.11 bits per heavy atom. The highest BCUT2D eigenvalue weighted by molar-refractivity contribution is 5.33. The highest BCUT2D eigenvalue weighted by atomic mass is 16.1. The summed E-state index contributed by atoms with van der Waals surface area (Å²) in [5.74, 6) is 1.43. The zero-order valence-corrected chi connectivity index (χ0v) is 11.2. The lowest BCUT2D eigenvalue weighted by Gasteiger charge is -2.32. The van der Waals surface area contributed by atoms with Crippen molar-refractivity contribution in [2.45, 2.75) is 38.6 Å². The molecule has 2 N–H and O–H groups in total. The van der Waals surface area contributed by atoms with Crippen LogP contribution in [0.3, 0.4) is 0 Å². The second-order valence-corrected chi connectivity index (χ2v) is 4.94. The van der Waals surface area contributed by atoms with E-state index in [9.17, 15) is 4.79 Å². The lowest BCUT2D eigenvalue weighted by molar-refractivity contribution is 0.194. The smallest absolute Gasteiger partial charge is 0.252 e. The summed E-state index contributed by atoms with van der Waals surface area (Å²) in [5, 5.41) is 3.29. The first-order valence-corrected chi connectivity index (χ1v) is 6.73. The number of anilines is 1. The molecule has 5 nitrogen and oxygen atoms in total. The van der Waals surface area contributed by atoms with Crippen molar-refractivity contribution in [3.8, 4) is 0 Å². The average Bonchev–Trinajstić information content (AvgIpc) is 2.37. The predicted octanol–water partition coefficient (Wildman–Crippen LogP) is 1.23. The highest BCUT2D eigenvalue weighted by Gasteiger charge is 2.18. The van der Waals surface area contributed by atoms with Crippen molar-refractivity contribution >= 4 is 5.82 Å². The number of hydrogen-bond acceptors (Lipinski definition) is 4. The Balaban J connectivity index is 1.97. The first-order chi connectivity index (χ1) is 8.69. The van der Waals surface area contributed by atoms with Crippen molar-refractivity contribution in [3.63, 3.8) is 0 Å². The van der Waals surface area contributed by atoms with E-state index in [0.29, 0.717) is 11.9 Å². The third-order valence-electron chi connectivity index (χ3n) is 3.57. The number of H-pyrrole nitrogens is 1. The molecule has 0 radical (unpaired) electrons. The summed E-state index contributed by atoms with van der Waals surface area (Å²) in [7, 11) is 2.16. The van der Waals surface area contributed by atoms with E-state index in [4.69, 9.17) is 0 Å². The van der Waals surface area contributed by atoms with Crippen molar-refractivity contribution in [1.82, 2.24) is 14.9 Å². The number of aromatic nitrogens is 2. The number of rotatable bonds is 4. The van der Waals surface area contributed by atoms with E-state index < -0.39 is 0 Å². The molecular weight excluding hydrogens is 228 g/mol. The summed E-state index contributed by atoms with van der Waals surface area (Å²) in [6.45, 7) is 4.00. The molecule has 1 fully saturated rings. The number of likely N-dealkylation sites (tertiary alicyclic amines) is 1. The van der Waals surface area contributed by atoms with Crippen LogP contribution in [0.1, 0.15) is 32.0 Å². The van der Waals surface area contributed by atoms with Gasteiger partial charge in [-0.3, -0.25) is 4.79 Å². The number of nitrogens with zero attached hydrogens (tertiary/aromatic N) is 2. The first-order valence-electron chi connectivity index (χ1n) is 6.73. The van der Waals surface area contributed by atoms with Crippen LogP contribution in [0.2, 0.25) is 0 Å². The van der Waals surface area contributed by atoms with Gasteiger partial charge in [0.15, 0.2) is 0 Å². The average molecular weight is 250 g/mol. The molecule has 1 atom stereocenters. The zero-order chi connectivity index (χ0) is 13.0. The molecule has 1 aliphatic rings. The SMILES string of the molecule is CCc1nc(NCC2CCCCN2C)cc(=O)[nH]1. The van der Waals surface area contributed by atoms with Crippen molar-refractivity contribution < 1.29 is 0 Å². The Bertz CT molecular complexity index is 443. The Kier molecular flexibility index (Phi) is 4.36. The van der Waals surface area contributed by atoms with Gasteiger partial charge in [-0.05, 0) is 26.4 Å². The van der Waals surface area contributed by atoms with E-state index in [1.165, 1.54) is 25.3 Å². The Morgan fingerprint density at radius 2 is 2.39 bits per heavy atom. The van der Waals surface area contributed by atoms with Gasteiger partial charge in [0, 0.05) is 25.1 Å². The molecule has 0 spiro atoms. The van der Waals surface area contributed by atoms with E-state index in [-0.39, 0.29) is 5.56 Å². The van der Waals surface area contributed by atoms with Crippen molar-refractivity contribution in [2.75, 3.05) is 25.5 Å². The molecule has 0 aromatic carbocycles. The summed E-state index contributed by atoms with van der Waals surface area (Å²) >= 11 is 0. The van der Waals surface area contributed by atoms with Gasteiger partial charge in [0.1, 0.15) is 11.6 Å². The molecule has 0 aliphatic carbocycles. The maximum atomic E-state index is 11.4. The Hall–Kier alpha value is -1.36. The summed E-state index contributed by atoms with van der Waals surface area (Å²) in [6.07, 6.45) is 4.54. The van der Waals surface area contributed by atoms with Gasteiger partial charge in [0.05, 0.1) is 0 Å². The molecule has 0 amide bonds. The number of aryl methyl sites for hydroxylation is 1.